The zero-order valence-corrected chi connectivity index (χ0v) is 16.0. The highest BCUT2D eigenvalue weighted by Crippen LogP contribution is 2.20. The van der Waals surface area contributed by atoms with Crippen LogP contribution >= 0.6 is 0 Å². The topological polar surface area (TPSA) is 105 Å². The maximum absolute atomic E-state index is 12.4. The minimum absolute atomic E-state index is 0.0519. The Morgan fingerprint density at radius 3 is 2.58 bits per heavy atom. The molecule has 26 heavy (non-hydrogen) atoms. The van der Waals surface area contributed by atoms with Crippen molar-refractivity contribution in [3.8, 4) is 0 Å². The SMILES string of the molecule is Cc1ccc2cc(CCNS(=O)(=O)c3c(C)noc3C)c(=O)[nH]c2c1C. The highest BCUT2D eigenvalue weighted by Gasteiger charge is 2.23. The maximum atomic E-state index is 12.4. The van der Waals surface area contributed by atoms with Crippen LogP contribution in [0.1, 0.15) is 28.1 Å². The van der Waals surface area contributed by atoms with E-state index in [2.05, 4.69) is 14.9 Å². The van der Waals surface area contributed by atoms with E-state index in [1.165, 1.54) is 0 Å². The Balaban J connectivity index is 1.81. The molecule has 0 aliphatic carbocycles. The minimum Gasteiger partial charge on any atom is -0.360 e. The van der Waals surface area contributed by atoms with Gasteiger partial charge >= 0.3 is 0 Å². The van der Waals surface area contributed by atoms with Crippen molar-refractivity contribution in [3.63, 3.8) is 0 Å². The van der Waals surface area contributed by atoms with Crippen molar-refractivity contribution >= 4 is 20.9 Å². The molecular formula is C18H21N3O4S. The van der Waals surface area contributed by atoms with Gasteiger partial charge in [-0.05, 0) is 56.7 Å². The van der Waals surface area contributed by atoms with Gasteiger partial charge in [-0.1, -0.05) is 17.3 Å². The minimum atomic E-state index is -3.73. The predicted molar refractivity (Wildman–Crippen MR) is 98.9 cm³/mol. The molecule has 0 aliphatic heterocycles. The lowest BCUT2D eigenvalue weighted by atomic mass is 10.0. The highest BCUT2D eigenvalue weighted by atomic mass is 32.2. The molecule has 0 saturated carbocycles. The largest absolute Gasteiger partial charge is 0.360 e. The Labute approximate surface area is 151 Å². The molecule has 0 aliphatic rings. The molecule has 3 rings (SSSR count). The fourth-order valence-electron chi connectivity index (χ4n) is 3.01. The average Bonchev–Trinajstić information content (AvgIpc) is 2.92. The second-order valence-corrected chi connectivity index (χ2v) is 8.10. The summed E-state index contributed by atoms with van der Waals surface area (Å²) in [6.07, 6.45) is 0.279. The van der Waals surface area contributed by atoms with E-state index in [-0.39, 0.29) is 29.2 Å². The van der Waals surface area contributed by atoms with Gasteiger partial charge in [0.15, 0.2) is 5.76 Å². The number of nitrogens with one attached hydrogen (secondary N) is 2. The number of aromatic nitrogens is 2. The number of sulfonamides is 1. The number of H-pyrrole nitrogens is 1. The molecule has 8 heteroatoms. The molecular weight excluding hydrogens is 354 g/mol. The van der Waals surface area contributed by atoms with E-state index < -0.39 is 10.0 Å². The van der Waals surface area contributed by atoms with Gasteiger partial charge in [0.1, 0.15) is 10.6 Å². The number of aromatic amines is 1. The molecule has 0 spiro atoms. The molecule has 1 aromatic carbocycles. The van der Waals surface area contributed by atoms with E-state index in [4.69, 9.17) is 4.52 Å². The third-order valence-electron chi connectivity index (χ3n) is 4.55. The molecule has 2 N–H and O–H groups in total. The lowest BCUT2D eigenvalue weighted by Crippen LogP contribution is -2.28. The lowest BCUT2D eigenvalue weighted by molar-refractivity contribution is 0.390. The molecule has 0 unspecified atom stereocenters. The van der Waals surface area contributed by atoms with E-state index in [1.54, 1.807) is 13.8 Å². The summed E-state index contributed by atoms with van der Waals surface area (Å²) in [7, 11) is -3.73. The molecule has 0 atom stereocenters. The number of fused-ring (bicyclic) bond motifs is 1. The highest BCUT2D eigenvalue weighted by molar-refractivity contribution is 7.89. The fraction of sp³-hybridized carbons (Fsp3) is 0.333. The molecule has 2 heterocycles. The van der Waals surface area contributed by atoms with Crippen LogP contribution in [0.3, 0.4) is 0 Å². The van der Waals surface area contributed by atoms with Crippen LogP contribution in [-0.4, -0.2) is 25.1 Å². The average molecular weight is 375 g/mol. The number of hydrogen-bond acceptors (Lipinski definition) is 5. The summed E-state index contributed by atoms with van der Waals surface area (Å²) in [6.45, 7) is 7.18. The standard InChI is InChI=1S/C18H21N3O4S/c1-10-5-6-14-9-15(18(22)20-16(14)11(10)2)7-8-19-26(23,24)17-12(3)21-25-13(17)4/h5-6,9,19H,7-8H2,1-4H3,(H,20,22). The number of nitrogens with zero attached hydrogens (tertiary/aromatic N) is 1. The molecule has 0 amide bonds. The van der Waals surface area contributed by atoms with E-state index in [9.17, 15) is 13.2 Å². The zero-order valence-electron chi connectivity index (χ0n) is 15.1. The first-order valence-electron chi connectivity index (χ1n) is 8.25. The summed E-state index contributed by atoms with van der Waals surface area (Å²) in [5.41, 5.74) is 3.59. The number of aryl methyl sites for hydroxylation is 4. The lowest BCUT2D eigenvalue weighted by Gasteiger charge is -2.09. The quantitative estimate of drug-likeness (QED) is 0.712. The summed E-state index contributed by atoms with van der Waals surface area (Å²) in [5, 5.41) is 4.59. The molecule has 2 aromatic heterocycles. The van der Waals surface area contributed by atoms with Crippen LogP contribution in [-0.2, 0) is 16.4 Å². The van der Waals surface area contributed by atoms with Crippen LogP contribution in [0.15, 0.2) is 32.4 Å². The van der Waals surface area contributed by atoms with Gasteiger partial charge in [-0.15, -0.1) is 0 Å². The number of rotatable bonds is 5. The first-order valence-corrected chi connectivity index (χ1v) is 9.73. The third-order valence-corrected chi connectivity index (χ3v) is 6.26. The Hall–Kier alpha value is -2.45. The molecule has 0 fully saturated rings. The molecule has 0 saturated heterocycles. The van der Waals surface area contributed by atoms with Crippen molar-refractivity contribution in [2.45, 2.75) is 39.0 Å². The van der Waals surface area contributed by atoms with Gasteiger partial charge in [-0.2, -0.15) is 0 Å². The Kier molecular flexibility index (Phi) is 4.72. The van der Waals surface area contributed by atoms with E-state index in [0.29, 0.717) is 11.3 Å². The van der Waals surface area contributed by atoms with Crippen LogP contribution in [0.2, 0.25) is 0 Å². The Morgan fingerprint density at radius 1 is 1.19 bits per heavy atom. The van der Waals surface area contributed by atoms with Crippen molar-refractivity contribution in [3.05, 3.63) is 56.7 Å². The third kappa shape index (κ3) is 3.30. The van der Waals surface area contributed by atoms with Crippen molar-refractivity contribution in [1.29, 1.82) is 0 Å². The Bertz CT molecular complexity index is 1120. The molecule has 0 bridgehead atoms. The summed E-state index contributed by atoms with van der Waals surface area (Å²) >= 11 is 0. The number of benzene rings is 1. The van der Waals surface area contributed by atoms with Crippen molar-refractivity contribution in [2.75, 3.05) is 6.54 Å². The monoisotopic (exact) mass is 375 g/mol. The zero-order chi connectivity index (χ0) is 19.1. The van der Waals surface area contributed by atoms with Gasteiger partial charge in [0, 0.05) is 12.1 Å². The van der Waals surface area contributed by atoms with Crippen LogP contribution in [0.5, 0.6) is 0 Å². The van der Waals surface area contributed by atoms with E-state index in [0.717, 1.165) is 22.0 Å². The van der Waals surface area contributed by atoms with Gasteiger partial charge in [-0.3, -0.25) is 4.79 Å². The summed E-state index contributed by atoms with van der Waals surface area (Å²) in [5.74, 6) is 0.240. The van der Waals surface area contributed by atoms with Gasteiger partial charge < -0.3 is 9.51 Å². The second-order valence-electron chi connectivity index (χ2n) is 6.40. The van der Waals surface area contributed by atoms with E-state index in [1.807, 2.05) is 32.0 Å². The van der Waals surface area contributed by atoms with Gasteiger partial charge in [0.2, 0.25) is 10.0 Å². The first kappa shape index (κ1) is 18.3. The van der Waals surface area contributed by atoms with Gasteiger partial charge in [0.25, 0.3) is 5.56 Å². The summed E-state index contributed by atoms with van der Waals surface area (Å²) in [4.78, 5) is 15.3. The number of pyridine rings is 1. The van der Waals surface area contributed by atoms with Crippen molar-refractivity contribution in [2.24, 2.45) is 0 Å². The van der Waals surface area contributed by atoms with Gasteiger partial charge in [-0.25, -0.2) is 13.1 Å². The molecule has 0 radical (unpaired) electrons. The first-order chi connectivity index (χ1) is 12.2. The predicted octanol–water partition coefficient (Wildman–Crippen LogP) is 2.27. The fourth-order valence-corrected chi connectivity index (χ4v) is 4.36. The van der Waals surface area contributed by atoms with Crippen molar-refractivity contribution < 1.29 is 12.9 Å². The number of hydrogen-bond donors (Lipinski definition) is 2. The molecule has 3 aromatic rings. The van der Waals surface area contributed by atoms with E-state index >= 15 is 0 Å². The van der Waals surface area contributed by atoms with Crippen LogP contribution in [0.4, 0.5) is 0 Å². The molecule has 138 valence electrons. The normalized spacial score (nSPS) is 12.0. The van der Waals surface area contributed by atoms with Crippen molar-refractivity contribution in [1.82, 2.24) is 14.9 Å². The maximum Gasteiger partial charge on any atom is 0.251 e. The second kappa shape index (κ2) is 6.69. The smallest absolute Gasteiger partial charge is 0.251 e. The van der Waals surface area contributed by atoms with Crippen LogP contribution in [0, 0.1) is 27.7 Å². The molecule has 7 nitrogen and oxygen atoms in total. The van der Waals surface area contributed by atoms with Crippen LogP contribution < -0.4 is 10.3 Å². The summed E-state index contributed by atoms with van der Waals surface area (Å²) in [6, 6.07) is 5.76. The van der Waals surface area contributed by atoms with Gasteiger partial charge in [0.05, 0.1) is 5.52 Å². The Morgan fingerprint density at radius 2 is 1.92 bits per heavy atom. The summed E-state index contributed by atoms with van der Waals surface area (Å²) < 4.78 is 32.2. The van der Waals surface area contributed by atoms with Crippen LogP contribution in [0.25, 0.3) is 10.9 Å².